The van der Waals surface area contributed by atoms with Gasteiger partial charge in [-0.3, -0.25) is 9.59 Å². The predicted molar refractivity (Wildman–Crippen MR) is 146 cm³/mol. The number of hydrogen-bond donors (Lipinski definition) is 3. The quantitative estimate of drug-likeness (QED) is 0.262. The van der Waals surface area contributed by atoms with E-state index in [-0.39, 0.29) is 24.3 Å². The molecule has 0 aromatic heterocycles. The van der Waals surface area contributed by atoms with E-state index in [4.69, 9.17) is 0 Å². The van der Waals surface area contributed by atoms with E-state index in [0.29, 0.717) is 37.6 Å². The highest BCUT2D eigenvalue weighted by atomic mass is 16.3. The molecule has 0 aliphatic carbocycles. The normalized spacial score (nSPS) is 13.2. The van der Waals surface area contributed by atoms with E-state index in [1.54, 1.807) is 0 Å². The number of aliphatic hydroxyl groups excluding tert-OH is 1. The second kappa shape index (κ2) is 17.5. The van der Waals surface area contributed by atoms with Gasteiger partial charge in [0, 0.05) is 32.5 Å². The Morgan fingerprint density at radius 1 is 0.971 bits per heavy atom. The molecule has 0 aliphatic rings. The Bertz CT molecular complexity index is 712. The Labute approximate surface area is 214 Å². The van der Waals surface area contributed by atoms with Gasteiger partial charge in [-0.1, -0.05) is 65.8 Å². The zero-order chi connectivity index (χ0) is 26.2. The van der Waals surface area contributed by atoms with Gasteiger partial charge in [-0.2, -0.15) is 0 Å². The molecule has 0 radical (unpaired) electrons. The average molecular weight is 490 g/mol. The van der Waals surface area contributed by atoms with Crippen molar-refractivity contribution >= 4 is 11.8 Å². The molecular weight excluding hydrogens is 438 g/mol. The van der Waals surface area contributed by atoms with Gasteiger partial charge in [-0.15, -0.1) is 0 Å². The van der Waals surface area contributed by atoms with Gasteiger partial charge >= 0.3 is 0 Å². The molecule has 6 nitrogen and oxygen atoms in total. The molecule has 0 saturated carbocycles. The lowest BCUT2D eigenvalue weighted by molar-refractivity contribution is -0.131. The number of carbonyl (C=O) groups is 2. The Morgan fingerprint density at radius 2 is 1.60 bits per heavy atom. The molecule has 0 fully saturated rings. The zero-order valence-electron chi connectivity index (χ0n) is 23.1. The van der Waals surface area contributed by atoms with E-state index in [0.717, 1.165) is 44.5 Å². The number of rotatable bonds is 18. The minimum Gasteiger partial charge on any atom is -0.390 e. The highest BCUT2D eigenvalue weighted by molar-refractivity contribution is 5.79. The molecule has 0 saturated heterocycles. The lowest BCUT2D eigenvalue weighted by atomic mass is 9.97. The van der Waals surface area contributed by atoms with Crippen LogP contribution in [0.15, 0.2) is 24.3 Å². The molecular formula is C29H51N3O3. The van der Waals surface area contributed by atoms with Crippen LogP contribution in [0.3, 0.4) is 0 Å². The predicted octanol–water partition coefficient (Wildman–Crippen LogP) is 4.65. The summed E-state index contributed by atoms with van der Waals surface area (Å²) in [7, 11) is 0. The molecule has 6 heteroatoms. The van der Waals surface area contributed by atoms with Crippen molar-refractivity contribution in [1.82, 2.24) is 15.5 Å². The van der Waals surface area contributed by atoms with Crippen LogP contribution in [-0.2, 0) is 16.0 Å². The Morgan fingerprint density at radius 3 is 2.14 bits per heavy atom. The standard InChI is InChI=1S/C29H51N3O3/c1-7-18-32(19-8-2)29(35)11-9-10-28(34)31-26(27(33)21-30-17-16-22(3)4)20-24-12-14-25(15-13-24)23(5)6/h12-15,22-23,26-27,30,33H,7-11,16-21H2,1-6H3,(H,31,34)/t26-,27+/m0/s1. The van der Waals surface area contributed by atoms with E-state index in [2.05, 4.69) is 76.4 Å². The molecule has 2 amide bonds. The fourth-order valence-corrected chi connectivity index (χ4v) is 4.10. The van der Waals surface area contributed by atoms with E-state index in [1.807, 2.05) is 4.90 Å². The third-order valence-electron chi connectivity index (χ3n) is 6.30. The number of hydrogen-bond acceptors (Lipinski definition) is 4. The van der Waals surface area contributed by atoms with Crippen LogP contribution in [0.25, 0.3) is 0 Å². The molecule has 1 rings (SSSR count). The van der Waals surface area contributed by atoms with Gasteiger partial charge in [0.05, 0.1) is 12.1 Å². The van der Waals surface area contributed by atoms with Crippen LogP contribution in [0, 0.1) is 5.92 Å². The fourth-order valence-electron chi connectivity index (χ4n) is 4.10. The molecule has 2 atom stereocenters. The first-order valence-corrected chi connectivity index (χ1v) is 13.7. The summed E-state index contributed by atoms with van der Waals surface area (Å²) in [5.41, 5.74) is 2.36. The van der Waals surface area contributed by atoms with E-state index in [1.165, 1.54) is 5.56 Å². The number of nitrogens with one attached hydrogen (secondary N) is 2. The average Bonchev–Trinajstić information content (AvgIpc) is 2.81. The number of benzene rings is 1. The SMILES string of the molecule is CCCN(CCC)C(=O)CCCC(=O)N[C@@H](Cc1ccc(C(C)C)cc1)[C@H](O)CNCCC(C)C. The number of nitrogens with zero attached hydrogens (tertiary/aromatic N) is 1. The van der Waals surface area contributed by atoms with Gasteiger partial charge < -0.3 is 20.6 Å². The van der Waals surface area contributed by atoms with Gasteiger partial charge in [-0.25, -0.2) is 0 Å². The van der Waals surface area contributed by atoms with Gasteiger partial charge in [0.2, 0.25) is 11.8 Å². The van der Waals surface area contributed by atoms with Crippen molar-refractivity contribution in [3.05, 3.63) is 35.4 Å². The smallest absolute Gasteiger partial charge is 0.222 e. The first-order chi connectivity index (χ1) is 16.7. The first-order valence-electron chi connectivity index (χ1n) is 13.7. The maximum Gasteiger partial charge on any atom is 0.222 e. The monoisotopic (exact) mass is 489 g/mol. The molecule has 200 valence electrons. The third kappa shape index (κ3) is 13.1. The fraction of sp³-hybridized carbons (Fsp3) is 0.724. The van der Waals surface area contributed by atoms with Gasteiger partial charge in [0.1, 0.15) is 0 Å². The van der Waals surface area contributed by atoms with Crippen molar-refractivity contribution in [3.8, 4) is 0 Å². The van der Waals surface area contributed by atoms with Crippen LogP contribution >= 0.6 is 0 Å². The topological polar surface area (TPSA) is 81.7 Å². The van der Waals surface area contributed by atoms with E-state index >= 15 is 0 Å². The highest BCUT2D eigenvalue weighted by Gasteiger charge is 2.22. The Hall–Kier alpha value is -1.92. The van der Waals surface area contributed by atoms with Crippen molar-refractivity contribution < 1.29 is 14.7 Å². The summed E-state index contributed by atoms with van der Waals surface area (Å²) in [5, 5.41) is 17.3. The summed E-state index contributed by atoms with van der Waals surface area (Å²) >= 11 is 0. The lowest BCUT2D eigenvalue weighted by Crippen LogP contribution is -2.48. The minimum atomic E-state index is -0.692. The van der Waals surface area contributed by atoms with Crippen molar-refractivity contribution in [2.24, 2.45) is 5.92 Å². The number of carbonyl (C=O) groups excluding carboxylic acids is 2. The number of aliphatic hydroxyl groups is 1. The van der Waals surface area contributed by atoms with Crippen molar-refractivity contribution in [3.63, 3.8) is 0 Å². The molecule has 0 aliphatic heterocycles. The summed E-state index contributed by atoms with van der Waals surface area (Å²) in [6.07, 6.45) is 3.99. The highest BCUT2D eigenvalue weighted by Crippen LogP contribution is 2.16. The molecule has 0 unspecified atom stereocenters. The number of amides is 2. The van der Waals surface area contributed by atoms with Gasteiger partial charge in [-0.05, 0) is 61.6 Å². The molecule has 3 N–H and O–H groups in total. The maximum atomic E-state index is 12.7. The van der Waals surface area contributed by atoms with Crippen molar-refractivity contribution in [2.75, 3.05) is 26.2 Å². The van der Waals surface area contributed by atoms with E-state index in [9.17, 15) is 14.7 Å². The Kier molecular flexibility index (Phi) is 15.6. The van der Waals surface area contributed by atoms with Crippen LogP contribution in [0.2, 0.25) is 0 Å². The zero-order valence-corrected chi connectivity index (χ0v) is 23.1. The summed E-state index contributed by atoms with van der Waals surface area (Å²) in [6.45, 7) is 15.6. The third-order valence-corrected chi connectivity index (χ3v) is 6.30. The molecule has 35 heavy (non-hydrogen) atoms. The maximum absolute atomic E-state index is 12.7. The minimum absolute atomic E-state index is 0.111. The second-order valence-electron chi connectivity index (χ2n) is 10.5. The van der Waals surface area contributed by atoms with E-state index < -0.39 is 6.10 Å². The molecule has 0 heterocycles. The van der Waals surface area contributed by atoms with Gasteiger partial charge in [0.15, 0.2) is 0 Å². The molecule has 0 bridgehead atoms. The van der Waals surface area contributed by atoms with Crippen molar-refractivity contribution in [1.29, 1.82) is 0 Å². The molecule has 1 aromatic rings. The van der Waals surface area contributed by atoms with Crippen LogP contribution in [0.1, 0.15) is 97.1 Å². The summed E-state index contributed by atoms with van der Waals surface area (Å²) in [4.78, 5) is 27.1. The molecule has 1 aromatic carbocycles. The van der Waals surface area contributed by atoms with Crippen LogP contribution < -0.4 is 10.6 Å². The second-order valence-corrected chi connectivity index (χ2v) is 10.5. The van der Waals surface area contributed by atoms with Crippen LogP contribution in [-0.4, -0.2) is 60.1 Å². The summed E-state index contributed by atoms with van der Waals surface area (Å²) in [5.74, 6) is 1.07. The van der Waals surface area contributed by atoms with Gasteiger partial charge in [0.25, 0.3) is 0 Å². The first kappa shape index (κ1) is 31.1. The van der Waals surface area contributed by atoms with Crippen LogP contribution in [0.4, 0.5) is 0 Å². The summed E-state index contributed by atoms with van der Waals surface area (Å²) in [6, 6.07) is 8.03. The van der Waals surface area contributed by atoms with Crippen molar-refractivity contribution in [2.45, 2.75) is 105 Å². The Balaban J connectivity index is 2.69. The largest absolute Gasteiger partial charge is 0.390 e. The summed E-state index contributed by atoms with van der Waals surface area (Å²) < 4.78 is 0. The van der Waals surface area contributed by atoms with Crippen LogP contribution in [0.5, 0.6) is 0 Å². The molecule has 0 spiro atoms. The lowest BCUT2D eigenvalue weighted by Gasteiger charge is -2.25.